The topological polar surface area (TPSA) is 62.8 Å². The number of hydrogen-bond donors (Lipinski definition) is 1. The van der Waals surface area contributed by atoms with Gasteiger partial charge in [0, 0.05) is 24.6 Å². The van der Waals surface area contributed by atoms with Crippen molar-refractivity contribution in [3.05, 3.63) is 53.5 Å². The van der Waals surface area contributed by atoms with Crippen LogP contribution in [0.1, 0.15) is 24.2 Å². The molecule has 5 heteroatoms. The van der Waals surface area contributed by atoms with E-state index in [2.05, 4.69) is 11.6 Å². The lowest BCUT2D eigenvalue weighted by molar-refractivity contribution is -0.120. The fourth-order valence-corrected chi connectivity index (χ4v) is 3.14. The molecule has 1 aromatic rings. The monoisotopic (exact) mass is 331 g/mol. The van der Waals surface area contributed by atoms with Gasteiger partial charge >= 0.3 is 0 Å². The normalized spacial score (nSPS) is 24.3. The summed E-state index contributed by atoms with van der Waals surface area (Å²) in [6.07, 6.45) is 8.99. The van der Waals surface area contributed by atoms with E-state index in [1.165, 1.54) is 0 Å². The Hall–Kier alpha value is -1.91. The van der Waals surface area contributed by atoms with E-state index in [4.69, 9.17) is 16.0 Å². The molecule has 1 aliphatic carbocycles. The largest absolute Gasteiger partial charge is 0.468 e. The van der Waals surface area contributed by atoms with Gasteiger partial charge in [0.15, 0.2) is 5.78 Å². The Morgan fingerprint density at radius 1 is 1.57 bits per heavy atom. The van der Waals surface area contributed by atoms with Crippen LogP contribution < -0.4 is 0 Å². The number of Topliss-reactive ketones (excluding diaryl/α,β-unsaturated/α-hetero) is 1. The molecule has 120 valence electrons. The molecule has 1 N–H and O–H groups in total. The van der Waals surface area contributed by atoms with Crippen LogP contribution >= 0.6 is 11.6 Å². The first-order valence-corrected chi connectivity index (χ1v) is 8.01. The summed E-state index contributed by atoms with van der Waals surface area (Å²) in [4.78, 5) is 16.4. The molecule has 2 aliphatic rings. The van der Waals surface area contributed by atoms with Gasteiger partial charge in [-0.2, -0.15) is 0 Å². The summed E-state index contributed by atoms with van der Waals surface area (Å²) in [5.41, 5.74) is 2.54. The summed E-state index contributed by atoms with van der Waals surface area (Å²) in [6, 6.07) is 1.30. The molecule has 1 aliphatic heterocycles. The lowest BCUT2D eigenvalue weighted by Gasteiger charge is -2.21. The van der Waals surface area contributed by atoms with Crippen LogP contribution in [0.2, 0.25) is 0 Å². The van der Waals surface area contributed by atoms with Gasteiger partial charge in [0.2, 0.25) is 0 Å². The zero-order valence-electron chi connectivity index (χ0n) is 12.6. The second kappa shape index (κ2) is 6.69. The number of carbonyl (C=O) groups is 1. The predicted octanol–water partition coefficient (Wildman–Crippen LogP) is 3.10. The molecule has 0 spiro atoms. The molecule has 0 aromatic carbocycles. The molecule has 3 unspecified atom stereocenters. The van der Waals surface area contributed by atoms with Crippen LogP contribution in [-0.4, -0.2) is 34.6 Å². The van der Waals surface area contributed by atoms with Gasteiger partial charge in [0.1, 0.15) is 11.8 Å². The SMILES string of the molecule is C=C1Cc2occc2C=C1C(O)CCC(=O)C1N=CC=CC1Cl. The third-order valence-corrected chi connectivity index (χ3v) is 4.54. The van der Waals surface area contributed by atoms with Gasteiger partial charge < -0.3 is 9.52 Å². The molecule has 3 rings (SSSR count). The van der Waals surface area contributed by atoms with Crippen LogP contribution in [0, 0.1) is 0 Å². The molecule has 4 nitrogen and oxygen atoms in total. The molecule has 1 aromatic heterocycles. The van der Waals surface area contributed by atoms with Crippen molar-refractivity contribution in [1.29, 1.82) is 0 Å². The first-order valence-electron chi connectivity index (χ1n) is 7.57. The minimum atomic E-state index is -0.730. The molecular formula is C18H18ClNO3. The maximum absolute atomic E-state index is 12.2. The summed E-state index contributed by atoms with van der Waals surface area (Å²) < 4.78 is 5.37. The Bertz CT molecular complexity index is 714. The Labute approximate surface area is 139 Å². The quantitative estimate of drug-likeness (QED) is 0.843. The maximum atomic E-state index is 12.2. The number of halogens is 1. The van der Waals surface area contributed by atoms with Crippen molar-refractivity contribution in [2.75, 3.05) is 0 Å². The molecule has 0 saturated carbocycles. The van der Waals surface area contributed by atoms with Gasteiger partial charge in [0.25, 0.3) is 0 Å². The van der Waals surface area contributed by atoms with Crippen LogP contribution in [0.5, 0.6) is 0 Å². The summed E-state index contributed by atoms with van der Waals surface area (Å²) in [5, 5.41) is 10.0. The minimum Gasteiger partial charge on any atom is -0.468 e. The van der Waals surface area contributed by atoms with Crippen molar-refractivity contribution in [1.82, 2.24) is 0 Å². The number of furan rings is 1. The second-order valence-electron chi connectivity index (χ2n) is 5.77. The second-order valence-corrected chi connectivity index (χ2v) is 6.28. The number of aliphatic hydroxyl groups is 1. The average molecular weight is 332 g/mol. The number of aliphatic imine (C=N–C) groups is 1. The maximum Gasteiger partial charge on any atom is 0.159 e. The third-order valence-electron chi connectivity index (χ3n) is 4.16. The number of nitrogens with zero attached hydrogens (tertiary/aromatic N) is 1. The number of allylic oxidation sites excluding steroid dienone is 1. The Morgan fingerprint density at radius 3 is 3.17 bits per heavy atom. The molecule has 0 fully saturated rings. The van der Waals surface area contributed by atoms with E-state index in [0.29, 0.717) is 12.8 Å². The highest BCUT2D eigenvalue weighted by Crippen LogP contribution is 2.31. The molecule has 0 saturated heterocycles. The number of dihydropyridines is 1. The molecule has 23 heavy (non-hydrogen) atoms. The Morgan fingerprint density at radius 2 is 2.39 bits per heavy atom. The van der Waals surface area contributed by atoms with E-state index in [1.54, 1.807) is 24.6 Å². The number of aliphatic hydroxyl groups excluding tert-OH is 1. The van der Waals surface area contributed by atoms with E-state index in [1.807, 2.05) is 12.1 Å². The Kier molecular flexibility index (Phi) is 4.64. The summed E-state index contributed by atoms with van der Waals surface area (Å²) in [7, 11) is 0. The van der Waals surface area contributed by atoms with Crippen molar-refractivity contribution in [2.24, 2.45) is 4.99 Å². The predicted molar refractivity (Wildman–Crippen MR) is 90.8 cm³/mol. The zero-order valence-corrected chi connectivity index (χ0v) is 13.4. The smallest absolute Gasteiger partial charge is 0.159 e. The highest BCUT2D eigenvalue weighted by atomic mass is 35.5. The standard InChI is InChI=1S/C18H18ClNO3/c1-11-9-17-12(6-8-23-17)10-13(11)15(21)4-5-16(22)18-14(19)3-2-7-20-18/h2-3,6-8,10,14-15,18,21H,1,4-5,9H2. The molecule has 2 heterocycles. The molecule has 0 radical (unpaired) electrons. The first-order chi connectivity index (χ1) is 11.1. The molecular weight excluding hydrogens is 314 g/mol. The van der Waals surface area contributed by atoms with Crippen LogP contribution in [0.3, 0.4) is 0 Å². The number of hydrogen-bond acceptors (Lipinski definition) is 4. The van der Waals surface area contributed by atoms with Crippen molar-refractivity contribution in [3.63, 3.8) is 0 Å². The number of rotatable bonds is 5. The van der Waals surface area contributed by atoms with E-state index in [9.17, 15) is 9.90 Å². The van der Waals surface area contributed by atoms with E-state index < -0.39 is 17.5 Å². The van der Waals surface area contributed by atoms with Crippen LogP contribution in [0.4, 0.5) is 0 Å². The highest BCUT2D eigenvalue weighted by Gasteiger charge is 2.27. The minimum absolute atomic E-state index is 0.0596. The first kappa shape index (κ1) is 16.0. The number of ketones is 1. The fourth-order valence-electron chi connectivity index (χ4n) is 2.85. The van der Waals surface area contributed by atoms with Crippen LogP contribution in [0.15, 0.2) is 51.6 Å². The molecule has 0 bridgehead atoms. The Balaban J connectivity index is 1.62. The average Bonchev–Trinajstić information content (AvgIpc) is 2.99. The lowest BCUT2D eigenvalue weighted by Crippen LogP contribution is -2.30. The highest BCUT2D eigenvalue weighted by molar-refractivity contribution is 6.24. The van der Waals surface area contributed by atoms with E-state index in [-0.39, 0.29) is 12.2 Å². The summed E-state index contributed by atoms with van der Waals surface area (Å²) >= 11 is 6.09. The van der Waals surface area contributed by atoms with Crippen molar-refractivity contribution < 1.29 is 14.3 Å². The number of fused-ring (bicyclic) bond motifs is 1. The lowest BCUT2D eigenvalue weighted by atomic mass is 9.88. The summed E-state index contributed by atoms with van der Waals surface area (Å²) in [6.45, 7) is 4.00. The summed E-state index contributed by atoms with van der Waals surface area (Å²) in [5.74, 6) is 0.797. The molecule has 0 amide bonds. The van der Waals surface area contributed by atoms with Gasteiger partial charge in [0.05, 0.1) is 17.7 Å². The van der Waals surface area contributed by atoms with Gasteiger partial charge in [-0.1, -0.05) is 12.7 Å². The van der Waals surface area contributed by atoms with Crippen LogP contribution in [-0.2, 0) is 11.2 Å². The van der Waals surface area contributed by atoms with Crippen molar-refractivity contribution in [2.45, 2.75) is 36.8 Å². The van der Waals surface area contributed by atoms with Gasteiger partial charge in [-0.25, -0.2) is 0 Å². The van der Waals surface area contributed by atoms with E-state index >= 15 is 0 Å². The van der Waals surface area contributed by atoms with E-state index in [0.717, 1.165) is 22.5 Å². The zero-order chi connectivity index (χ0) is 16.4. The van der Waals surface area contributed by atoms with Crippen LogP contribution in [0.25, 0.3) is 6.08 Å². The van der Waals surface area contributed by atoms with Gasteiger partial charge in [-0.3, -0.25) is 9.79 Å². The number of carbonyl (C=O) groups excluding carboxylic acids is 1. The van der Waals surface area contributed by atoms with Gasteiger partial charge in [-0.05, 0) is 35.8 Å². The van der Waals surface area contributed by atoms with Crippen molar-refractivity contribution in [3.8, 4) is 0 Å². The number of alkyl halides is 1. The molecule has 3 atom stereocenters. The van der Waals surface area contributed by atoms with Crippen molar-refractivity contribution >= 4 is 29.7 Å². The third kappa shape index (κ3) is 3.38. The fraction of sp³-hybridized carbons (Fsp3) is 0.333. The van der Waals surface area contributed by atoms with Gasteiger partial charge in [-0.15, -0.1) is 11.6 Å².